The Labute approximate surface area is 353 Å². The van der Waals surface area contributed by atoms with E-state index in [0.717, 1.165) is 61.4 Å². The average Bonchev–Trinajstić information content (AvgIpc) is 3.65. The number of nitrogens with one attached hydrogen (secondary N) is 1. The van der Waals surface area contributed by atoms with Gasteiger partial charge in [-0.3, -0.25) is 4.79 Å². The van der Waals surface area contributed by atoms with Crippen LogP contribution in [0.4, 0.5) is 5.69 Å². The molecule has 1 N–H and O–H groups in total. The molecular formula is C46H74N4O5Si3. The molecule has 320 valence electrons. The Morgan fingerprint density at radius 2 is 1.60 bits per heavy atom. The van der Waals surface area contributed by atoms with Crippen molar-refractivity contribution in [3.8, 4) is 6.07 Å². The molecule has 0 radical (unpaired) electrons. The fourth-order valence-electron chi connectivity index (χ4n) is 7.35. The molecule has 58 heavy (non-hydrogen) atoms. The third kappa shape index (κ3) is 11.0. The fourth-order valence-corrected chi connectivity index (χ4v) is 10.2. The predicted molar refractivity (Wildman–Crippen MR) is 246 cm³/mol. The van der Waals surface area contributed by atoms with Crippen molar-refractivity contribution in [2.75, 3.05) is 25.1 Å². The summed E-state index contributed by atoms with van der Waals surface area (Å²) in [7, 11) is -5.41. The number of benzene rings is 1. The quantitative estimate of drug-likeness (QED) is 0.140. The minimum absolute atomic E-state index is 0.0808. The van der Waals surface area contributed by atoms with Gasteiger partial charge in [-0.2, -0.15) is 5.26 Å². The van der Waals surface area contributed by atoms with Crippen LogP contribution in [0.25, 0.3) is 11.1 Å². The molecule has 2 aliphatic heterocycles. The van der Waals surface area contributed by atoms with Crippen molar-refractivity contribution in [1.29, 1.82) is 5.26 Å². The van der Waals surface area contributed by atoms with E-state index in [1.807, 2.05) is 6.07 Å². The lowest BCUT2D eigenvalue weighted by Gasteiger charge is -2.44. The van der Waals surface area contributed by atoms with Crippen LogP contribution >= 0.6 is 0 Å². The van der Waals surface area contributed by atoms with Crippen molar-refractivity contribution in [2.45, 2.75) is 174 Å². The molecule has 1 saturated heterocycles. The predicted octanol–water partition coefficient (Wildman–Crippen LogP) is 12.0. The standard InChI is InChI=1S/C46H74N4O5Si3/c1-42(2,3)57(12,13)53-31-45-22-23-46(55-45,32-54-58(14,15)43(4,5)6)28-36(27-45)35-16-17-39(38(26-35)34-18-20-44(7,8)21-19-34)49-41(51)40-48-37(29-47)30-50(40)33-52-24-25-56(9,10)11/h16-18,26-27,30H,19-25,28,31-33H2,1-15H3,(H,49,51). The molecule has 12 heteroatoms. The lowest BCUT2D eigenvalue weighted by molar-refractivity contribution is -0.119. The van der Waals surface area contributed by atoms with Gasteiger partial charge in [0.1, 0.15) is 18.4 Å². The number of ether oxygens (including phenoxy) is 2. The number of carbonyl (C=O) groups excluding carboxylic acids is 1. The first kappa shape index (κ1) is 46.4. The zero-order valence-corrected chi connectivity index (χ0v) is 41.6. The highest BCUT2D eigenvalue weighted by molar-refractivity contribution is 6.76. The third-order valence-corrected chi connectivity index (χ3v) is 24.3. The van der Waals surface area contributed by atoms with E-state index in [0.29, 0.717) is 19.8 Å². The highest BCUT2D eigenvalue weighted by atomic mass is 28.4. The van der Waals surface area contributed by atoms with Gasteiger partial charge in [0.15, 0.2) is 22.3 Å². The summed E-state index contributed by atoms with van der Waals surface area (Å²) in [5.41, 5.74) is 4.74. The second-order valence-electron chi connectivity index (χ2n) is 22.5. The van der Waals surface area contributed by atoms with Crippen molar-refractivity contribution in [3.05, 3.63) is 59.2 Å². The van der Waals surface area contributed by atoms with E-state index in [1.54, 1.807) is 10.8 Å². The van der Waals surface area contributed by atoms with Gasteiger partial charge in [-0.1, -0.05) is 87.2 Å². The van der Waals surface area contributed by atoms with Crippen molar-refractivity contribution >= 4 is 47.4 Å². The van der Waals surface area contributed by atoms with E-state index in [2.05, 4.69) is 142 Å². The average molecular weight is 847 g/mol. The molecule has 0 spiro atoms. The van der Waals surface area contributed by atoms with Gasteiger partial charge < -0.3 is 28.2 Å². The summed E-state index contributed by atoms with van der Waals surface area (Å²) in [5, 5.41) is 13.1. The number of hydrogen-bond donors (Lipinski definition) is 1. The van der Waals surface area contributed by atoms with Gasteiger partial charge in [0, 0.05) is 38.5 Å². The van der Waals surface area contributed by atoms with Crippen molar-refractivity contribution in [3.63, 3.8) is 0 Å². The summed E-state index contributed by atoms with van der Waals surface area (Å²) in [5.74, 6) is -0.206. The lowest BCUT2D eigenvalue weighted by atomic mass is 9.76. The van der Waals surface area contributed by atoms with Gasteiger partial charge in [-0.15, -0.1) is 0 Å². The Morgan fingerprint density at radius 1 is 0.948 bits per heavy atom. The van der Waals surface area contributed by atoms with Crippen molar-refractivity contribution < 1.29 is 23.1 Å². The summed E-state index contributed by atoms with van der Waals surface area (Å²) in [6.07, 6.45) is 11.8. The maximum atomic E-state index is 14.1. The maximum Gasteiger partial charge on any atom is 0.291 e. The van der Waals surface area contributed by atoms with E-state index >= 15 is 0 Å². The molecule has 1 aliphatic carbocycles. The molecule has 2 aromatic rings. The zero-order chi connectivity index (χ0) is 43.2. The number of nitriles is 1. The minimum Gasteiger partial charge on any atom is -0.414 e. The summed E-state index contributed by atoms with van der Waals surface area (Å²) in [6.45, 7) is 36.4. The number of aromatic nitrogens is 2. The number of imidazole rings is 1. The second-order valence-corrected chi connectivity index (χ2v) is 37.7. The van der Waals surface area contributed by atoms with E-state index < -0.39 is 35.9 Å². The molecule has 1 fully saturated rings. The molecule has 9 nitrogen and oxygen atoms in total. The Kier molecular flexibility index (Phi) is 13.3. The Hall–Kier alpha value is -2.64. The first-order chi connectivity index (χ1) is 26.6. The molecule has 2 bridgehead atoms. The zero-order valence-electron chi connectivity index (χ0n) is 38.6. The largest absolute Gasteiger partial charge is 0.414 e. The van der Waals surface area contributed by atoms with Crippen LogP contribution in [0.5, 0.6) is 0 Å². The molecule has 5 rings (SSSR count). The number of amides is 1. The number of allylic oxidation sites excluding steroid dienone is 2. The molecule has 0 saturated carbocycles. The van der Waals surface area contributed by atoms with E-state index in [1.165, 1.54) is 11.1 Å². The van der Waals surface area contributed by atoms with Gasteiger partial charge in [0.2, 0.25) is 5.82 Å². The molecular weight excluding hydrogens is 773 g/mol. The van der Waals surface area contributed by atoms with E-state index in [-0.39, 0.29) is 39.6 Å². The van der Waals surface area contributed by atoms with Crippen LogP contribution in [-0.4, -0.2) is 71.2 Å². The number of anilines is 1. The van der Waals surface area contributed by atoms with Gasteiger partial charge in [0.25, 0.3) is 5.91 Å². The number of nitrogens with zero attached hydrogens (tertiary/aromatic N) is 3. The first-order valence-electron chi connectivity index (χ1n) is 21.5. The van der Waals surface area contributed by atoms with Crippen LogP contribution in [0.1, 0.15) is 121 Å². The summed E-state index contributed by atoms with van der Waals surface area (Å²) >= 11 is 0. The summed E-state index contributed by atoms with van der Waals surface area (Å²) < 4.78 is 28.7. The van der Waals surface area contributed by atoms with Crippen LogP contribution in [0.2, 0.25) is 61.9 Å². The monoisotopic (exact) mass is 846 g/mol. The number of carbonyl (C=O) groups is 1. The molecule has 1 amide bonds. The summed E-state index contributed by atoms with van der Waals surface area (Å²) in [4.78, 5) is 18.5. The molecule has 2 atom stereocenters. The molecule has 1 aromatic carbocycles. The molecule has 2 unspecified atom stereocenters. The molecule has 3 heterocycles. The first-order valence-corrected chi connectivity index (χ1v) is 31.0. The Bertz CT molecular complexity index is 1940. The smallest absolute Gasteiger partial charge is 0.291 e. The Balaban J connectivity index is 1.52. The third-order valence-electron chi connectivity index (χ3n) is 13.6. The molecule has 3 aliphatic rings. The van der Waals surface area contributed by atoms with Crippen molar-refractivity contribution in [2.24, 2.45) is 5.41 Å². The second kappa shape index (κ2) is 16.7. The van der Waals surface area contributed by atoms with Crippen LogP contribution in [0.15, 0.2) is 36.5 Å². The topological polar surface area (TPSA) is 108 Å². The van der Waals surface area contributed by atoms with E-state index in [4.69, 9.17) is 18.3 Å². The summed E-state index contributed by atoms with van der Waals surface area (Å²) in [6, 6.07) is 9.57. The Morgan fingerprint density at radius 3 is 2.19 bits per heavy atom. The van der Waals surface area contributed by atoms with Gasteiger partial charge in [0.05, 0.1) is 18.8 Å². The van der Waals surface area contributed by atoms with Gasteiger partial charge in [-0.05, 0) is 115 Å². The van der Waals surface area contributed by atoms with Crippen LogP contribution in [-0.2, 0) is 25.1 Å². The van der Waals surface area contributed by atoms with Crippen LogP contribution < -0.4 is 5.32 Å². The van der Waals surface area contributed by atoms with E-state index in [9.17, 15) is 10.1 Å². The van der Waals surface area contributed by atoms with Gasteiger partial charge >= 0.3 is 0 Å². The normalized spacial score (nSPS) is 22.7. The molecule has 1 aromatic heterocycles. The van der Waals surface area contributed by atoms with Gasteiger partial charge in [-0.25, -0.2) is 4.98 Å². The fraction of sp³-hybridized carbons (Fsp3) is 0.674. The van der Waals surface area contributed by atoms with Crippen LogP contribution in [0, 0.1) is 16.7 Å². The number of fused-ring (bicyclic) bond motifs is 2. The highest BCUT2D eigenvalue weighted by Crippen LogP contribution is 2.52. The number of rotatable bonds is 15. The van der Waals surface area contributed by atoms with Crippen molar-refractivity contribution in [1.82, 2.24) is 9.55 Å². The highest BCUT2D eigenvalue weighted by Gasteiger charge is 2.54. The minimum atomic E-state index is -2.06. The van der Waals surface area contributed by atoms with Crippen LogP contribution in [0.3, 0.4) is 0 Å². The lowest BCUT2D eigenvalue weighted by Crippen LogP contribution is -2.50. The number of hydrogen-bond acceptors (Lipinski definition) is 7. The maximum absolute atomic E-state index is 14.1. The SMILES string of the molecule is CC1(C)CC=C(c2cc(C3=CC4(CO[Si](C)(C)C(C)(C)C)CCC(CO[Si](C)(C)C(C)(C)C)(C3)O4)ccc2NC(=O)c2nc(C#N)cn2COCC[Si](C)(C)C)CC1.